The van der Waals surface area contributed by atoms with Crippen molar-refractivity contribution in [3.8, 4) is 23.1 Å². The predicted octanol–water partition coefficient (Wildman–Crippen LogP) is 3.35. The summed E-state index contributed by atoms with van der Waals surface area (Å²) in [6.07, 6.45) is 0.451. The van der Waals surface area contributed by atoms with E-state index in [1.54, 1.807) is 24.3 Å². The highest BCUT2D eigenvalue weighted by atomic mass is 35.5. The van der Waals surface area contributed by atoms with Crippen LogP contribution in [0, 0.1) is 0 Å². The van der Waals surface area contributed by atoms with Gasteiger partial charge in [0.1, 0.15) is 5.82 Å². The van der Waals surface area contributed by atoms with Gasteiger partial charge >= 0.3 is 12.0 Å². The molecule has 2 amide bonds. The lowest BCUT2D eigenvalue weighted by Gasteiger charge is -2.41. The highest BCUT2D eigenvalue weighted by molar-refractivity contribution is 6.30. The topological polar surface area (TPSA) is 136 Å². The minimum Gasteiger partial charge on any atom is -0.481 e. The van der Waals surface area contributed by atoms with E-state index in [1.807, 2.05) is 12.1 Å². The molecule has 172 valence electrons. The number of aromatic nitrogens is 3. The van der Waals surface area contributed by atoms with Crippen LogP contribution in [0.4, 0.5) is 22.1 Å². The smallest absolute Gasteiger partial charge is 0.329 e. The third kappa shape index (κ3) is 4.76. The number of anilines is 3. The van der Waals surface area contributed by atoms with Crippen LogP contribution in [0.1, 0.15) is 12.8 Å². The van der Waals surface area contributed by atoms with E-state index in [0.717, 1.165) is 5.56 Å². The Morgan fingerprint density at radius 3 is 2.61 bits per heavy atom. The molecule has 1 aromatic carbocycles. The minimum absolute atomic E-state index is 0.0282. The normalized spacial score (nSPS) is 17.1. The third-order valence-corrected chi connectivity index (χ3v) is 5.55. The molecule has 2 heterocycles. The number of halogens is 1. The SMILES string of the molecule is COc1cc(NC(=O)N(c2nc(-c3cccc(Cl)c3)ccc2N)C2CC[C@H]2O)nc(OC)n1. The van der Waals surface area contributed by atoms with E-state index in [4.69, 9.17) is 26.8 Å². The average Bonchev–Trinajstić information content (AvgIpc) is 2.81. The number of aliphatic hydroxyl groups excluding tert-OH is 1. The van der Waals surface area contributed by atoms with E-state index >= 15 is 0 Å². The number of hydrogen-bond acceptors (Lipinski definition) is 8. The van der Waals surface area contributed by atoms with Gasteiger partial charge in [0.25, 0.3) is 0 Å². The molecule has 1 saturated carbocycles. The van der Waals surface area contributed by atoms with Gasteiger partial charge in [-0.1, -0.05) is 23.7 Å². The molecule has 0 radical (unpaired) electrons. The molecular weight excluding hydrogens is 448 g/mol. The van der Waals surface area contributed by atoms with Gasteiger partial charge in [0, 0.05) is 16.7 Å². The van der Waals surface area contributed by atoms with Gasteiger partial charge in [0.05, 0.1) is 37.7 Å². The number of nitrogens with zero attached hydrogens (tertiary/aromatic N) is 4. The molecule has 1 fully saturated rings. The van der Waals surface area contributed by atoms with Crippen LogP contribution >= 0.6 is 11.6 Å². The van der Waals surface area contributed by atoms with Crippen LogP contribution < -0.4 is 25.4 Å². The fraction of sp³-hybridized carbons (Fsp3) is 0.273. The number of carbonyl (C=O) groups excluding carboxylic acids is 1. The van der Waals surface area contributed by atoms with Gasteiger partial charge in [0.15, 0.2) is 5.82 Å². The zero-order valence-electron chi connectivity index (χ0n) is 18.0. The quantitative estimate of drug-likeness (QED) is 0.499. The van der Waals surface area contributed by atoms with Crippen LogP contribution in [0.3, 0.4) is 0 Å². The van der Waals surface area contributed by atoms with E-state index in [2.05, 4.69) is 20.3 Å². The van der Waals surface area contributed by atoms with Gasteiger partial charge in [-0.05, 0) is 37.1 Å². The Bertz CT molecular complexity index is 1160. The monoisotopic (exact) mass is 470 g/mol. The number of aliphatic hydroxyl groups is 1. The highest BCUT2D eigenvalue weighted by Gasteiger charge is 2.39. The number of hydrogen-bond donors (Lipinski definition) is 3. The fourth-order valence-corrected chi connectivity index (χ4v) is 3.65. The first kappa shape index (κ1) is 22.6. The van der Waals surface area contributed by atoms with Gasteiger partial charge in [-0.3, -0.25) is 10.2 Å². The standard InChI is InChI=1S/C22H23ClN6O4/c1-32-19-11-18(26-21(28-19)33-2)27-22(31)29(16-8-9-17(16)30)20-14(24)6-7-15(25-20)12-4-3-5-13(23)10-12/h3-7,10-11,16-17,30H,8-9,24H2,1-2H3,(H,26,27,28,31)/t16?,17-/m1/s1. The molecule has 10 nitrogen and oxygen atoms in total. The molecule has 0 aliphatic heterocycles. The Kier molecular flexibility index (Phi) is 6.47. The van der Waals surface area contributed by atoms with Crippen LogP contribution in [0.5, 0.6) is 11.9 Å². The van der Waals surface area contributed by atoms with Gasteiger partial charge in [-0.2, -0.15) is 9.97 Å². The van der Waals surface area contributed by atoms with Crippen molar-refractivity contribution in [2.75, 3.05) is 30.2 Å². The molecule has 11 heteroatoms. The molecular formula is C22H23ClN6O4. The minimum atomic E-state index is -0.707. The van der Waals surface area contributed by atoms with Crippen molar-refractivity contribution in [2.24, 2.45) is 0 Å². The van der Waals surface area contributed by atoms with Crippen molar-refractivity contribution in [3.63, 3.8) is 0 Å². The number of amides is 2. The fourth-order valence-electron chi connectivity index (χ4n) is 3.46. The van der Waals surface area contributed by atoms with Crippen molar-refractivity contribution in [1.29, 1.82) is 0 Å². The Morgan fingerprint density at radius 1 is 1.15 bits per heavy atom. The van der Waals surface area contributed by atoms with E-state index in [1.165, 1.54) is 25.2 Å². The second-order valence-corrected chi connectivity index (χ2v) is 7.85. The molecule has 2 aromatic heterocycles. The molecule has 4 N–H and O–H groups in total. The summed E-state index contributed by atoms with van der Waals surface area (Å²) in [5, 5.41) is 13.6. The van der Waals surface area contributed by atoms with Gasteiger partial charge < -0.3 is 20.3 Å². The Balaban J connectivity index is 1.71. The molecule has 2 atom stereocenters. The van der Waals surface area contributed by atoms with E-state index in [-0.39, 0.29) is 29.2 Å². The number of nitrogens with two attached hydrogens (primary N) is 1. The Labute approximate surface area is 195 Å². The summed E-state index contributed by atoms with van der Waals surface area (Å²) in [5.74, 6) is 0.599. The number of rotatable bonds is 6. The molecule has 1 aliphatic rings. The number of benzene rings is 1. The number of pyridine rings is 1. The van der Waals surface area contributed by atoms with Crippen LogP contribution in [-0.4, -0.2) is 52.5 Å². The van der Waals surface area contributed by atoms with Crippen molar-refractivity contribution < 1.29 is 19.4 Å². The lowest BCUT2D eigenvalue weighted by atomic mass is 9.88. The molecule has 3 aromatic rings. The summed E-state index contributed by atoms with van der Waals surface area (Å²) < 4.78 is 10.2. The summed E-state index contributed by atoms with van der Waals surface area (Å²) in [5.41, 5.74) is 7.86. The van der Waals surface area contributed by atoms with Crippen LogP contribution in [-0.2, 0) is 0 Å². The molecule has 1 unspecified atom stereocenters. The molecule has 1 aliphatic carbocycles. The van der Waals surface area contributed by atoms with Gasteiger partial charge in [0.2, 0.25) is 5.88 Å². The maximum Gasteiger partial charge on any atom is 0.329 e. The highest BCUT2D eigenvalue weighted by Crippen LogP contribution is 2.35. The summed E-state index contributed by atoms with van der Waals surface area (Å²) in [6, 6.07) is 11.0. The number of carbonyl (C=O) groups is 1. The lowest BCUT2D eigenvalue weighted by molar-refractivity contribution is 0.0676. The van der Waals surface area contributed by atoms with Gasteiger partial charge in [-0.25, -0.2) is 9.78 Å². The first-order valence-corrected chi connectivity index (χ1v) is 10.5. The van der Waals surface area contributed by atoms with Crippen LogP contribution in [0.15, 0.2) is 42.5 Å². The first-order valence-electron chi connectivity index (χ1n) is 10.2. The zero-order chi connectivity index (χ0) is 23.5. The summed E-state index contributed by atoms with van der Waals surface area (Å²) >= 11 is 6.13. The number of nitrogens with one attached hydrogen (secondary N) is 1. The van der Waals surface area contributed by atoms with Gasteiger partial charge in [-0.15, -0.1) is 0 Å². The number of urea groups is 1. The summed E-state index contributed by atoms with van der Waals surface area (Å²) in [6.45, 7) is 0. The third-order valence-electron chi connectivity index (χ3n) is 5.32. The maximum atomic E-state index is 13.4. The molecule has 33 heavy (non-hydrogen) atoms. The number of nitrogen functional groups attached to an aromatic ring is 1. The van der Waals surface area contributed by atoms with Crippen molar-refractivity contribution >= 4 is 35.0 Å². The molecule has 0 spiro atoms. The molecule has 0 saturated heterocycles. The lowest BCUT2D eigenvalue weighted by Crippen LogP contribution is -2.55. The van der Waals surface area contributed by atoms with E-state index in [0.29, 0.717) is 23.6 Å². The van der Waals surface area contributed by atoms with Crippen molar-refractivity contribution in [3.05, 3.63) is 47.5 Å². The van der Waals surface area contributed by atoms with E-state index < -0.39 is 18.2 Å². The van der Waals surface area contributed by atoms with Crippen molar-refractivity contribution in [1.82, 2.24) is 15.0 Å². The molecule has 0 bridgehead atoms. The predicted molar refractivity (Wildman–Crippen MR) is 125 cm³/mol. The Hall–Kier alpha value is -3.63. The maximum absolute atomic E-state index is 13.4. The second kappa shape index (κ2) is 9.47. The largest absolute Gasteiger partial charge is 0.481 e. The van der Waals surface area contributed by atoms with Crippen molar-refractivity contribution in [2.45, 2.75) is 25.0 Å². The summed E-state index contributed by atoms with van der Waals surface area (Å²) in [4.78, 5) is 27.5. The molecule has 4 rings (SSSR count). The van der Waals surface area contributed by atoms with Crippen LogP contribution in [0.2, 0.25) is 5.02 Å². The number of methoxy groups -OCH3 is 2. The first-order chi connectivity index (χ1) is 15.9. The second-order valence-electron chi connectivity index (χ2n) is 7.41. The zero-order valence-corrected chi connectivity index (χ0v) is 18.8. The summed E-state index contributed by atoms with van der Waals surface area (Å²) in [7, 11) is 2.85. The van der Waals surface area contributed by atoms with E-state index in [9.17, 15) is 9.90 Å². The Morgan fingerprint density at radius 2 is 1.97 bits per heavy atom. The van der Waals surface area contributed by atoms with Crippen LogP contribution in [0.25, 0.3) is 11.3 Å². The number of ether oxygens (including phenoxy) is 2. The average molecular weight is 471 g/mol.